The van der Waals surface area contributed by atoms with Crippen molar-refractivity contribution in [3.63, 3.8) is 0 Å². The Morgan fingerprint density at radius 3 is 2.57 bits per heavy atom. The fourth-order valence-electron chi connectivity index (χ4n) is 5.71. The van der Waals surface area contributed by atoms with Gasteiger partial charge in [0.2, 0.25) is 5.91 Å². The summed E-state index contributed by atoms with van der Waals surface area (Å²) >= 11 is 0. The Kier molecular flexibility index (Phi) is 8.00. The number of likely N-dealkylation sites (tertiary alicyclic amines) is 2. The van der Waals surface area contributed by atoms with Gasteiger partial charge in [-0.25, -0.2) is 9.97 Å². The first-order valence-corrected chi connectivity index (χ1v) is 14.5. The van der Waals surface area contributed by atoms with Crippen LogP contribution in [-0.2, 0) is 4.79 Å². The van der Waals surface area contributed by atoms with Gasteiger partial charge in [-0.2, -0.15) is 5.10 Å². The number of hydrogen-bond acceptors (Lipinski definition) is 8. The lowest BCUT2D eigenvalue weighted by Gasteiger charge is -2.37. The molecule has 3 N–H and O–H groups in total. The molecule has 0 radical (unpaired) electrons. The molecule has 5 heterocycles. The number of benzene rings is 1. The summed E-state index contributed by atoms with van der Waals surface area (Å²) in [5.74, 6) is 2.47. The second-order valence-electron chi connectivity index (χ2n) is 11.2. The van der Waals surface area contributed by atoms with Gasteiger partial charge in [-0.1, -0.05) is 0 Å². The van der Waals surface area contributed by atoms with Crippen LogP contribution in [0.3, 0.4) is 0 Å². The summed E-state index contributed by atoms with van der Waals surface area (Å²) in [5.41, 5.74) is 2.11. The maximum absolute atomic E-state index is 13.2. The third-order valence-corrected chi connectivity index (χ3v) is 8.07. The normalized spacial score (nSPS) is 18.1. The quantitative estimate of drug-likeness (QED) is 0.298. The average molecular weight is 569 g/mol. The van der Waals surface area contributed by atoms with Crippen molar-refractivity contribution < 1.29 is 14.3 Å². The summed E-state index contributed by atoms with van der Waals surface area (Å²) in [6.45, 7) is 5.35. The van der Waals surface area contributed by atoms with Crippen molar-refractivity contribution in [2.45, 2.75) is 38.6 Å². The van der Waals surface area contributed by atoms with Crippen LogP contribution in [-0.4, -0.2) is 81.0 Å². The van der Waals surface area contributed by atoms with Crippen molar-refractivity contribution in [2.24, 2.45) is 5.92 Å². The molecule has 2 amide bonds. The van der Waals surface area contributed by atoms with E-state index in [0.29, 0.717) is 40.9 Å². The van der Waals surface area contributed by atoms with Gasteiger partial charge in [-0.15, -0.1) is 0 Å². The molecule has 2 aliphatic rings. The number of carbonyl (C=O) groups excluding carboxylic acids is 2. The molecule has 4 aromatic rings. The summed E-state index contributed by atoms with van der Waals surface area (Å²) in [6.07, 6.45) is 7.07. The van der Waals surface area contributed by atoms with Crippen LogP contribution >= 0.6 is 0 Å². The second kappa shape index (κ2) is 12.2. The van der Waals surface area contributed by atoms with Crippen molar-refractivity contribution in [1.82, 2.24) is 30.0 Å². The molecule has 0 spiro atoms. The van der Waals surface area contributed by atoms with Gasteiger partial charge in [0.25, 0.3) is 5.91 Å². The topological polar surface area (TPSA) is 128 Å². The number of ether oxygens (including phenoxy) is 1. The number of pyridine rings is 2. The van der Waals surface area contributed by atoms with Gasteiger partial charge in [0.1, 0.15) is 22.7 Å². The highest BCUT2D eigenvalue weighted by atomic mass is 16.5. The van der Waals surface area contributed by atoms with Crippen LogP contribution in [0.4, 0.5) is 11.6 Å². The molecule has 11 heteroatoms. The predicted molar refractivity (Wildman–Crippen MR) is 161 cm³/mol. The molecule has 1 unspecified atom stereocenters. The van der Waals surface area contributed by atoms with E-state index in [2.05, 4.69) is 42.7 Å². The fourth-order valence-corrected chi connectivity index (χ4v) is 5.71. The van der Waals surface area contributed by atoms with E-state index in [9.17, 15) is 9.59 Å². The number of aryl methyl sites for hydroxylation is 1. The Hall–Kier alpha value is -4.51. The van der Waals surface area contributed by atoms with Crippen molar-refractivity contribution in [1.29, 1.82) is 0 Å². The van der Waals surface area contributed by atoms with Crippen LogP contribution in [0.1, 0.15) is 41.6 Å². The maximum atomic E-state index is 13.2. The molecule has 6 rings (SSSR count). The van der Waals surface area contributed by atoms with Gasteiger partial charge in [0.05, 0.1) is 0 Å². The number of rotatable bonds is 7. The van der Waals surface area contributed by atoms with Crippen molar-refractivity contribution in [3.05, 3.63) is 66.0 Å². The largest absolute Gasteiger partial charge is 0.456 e. The van der Waals surface area contributed by atoms with Crippen LogP contribution in [0.15, 0.2) is 54.9 Å². The Morgan fingerprint density at radius 2 is 1.79 bits per heavy atom. The molecule has 3 aromatic heterocycles. The minimum absolute atomic E-state index is 0.0780. The zero-order chi connectivity index (χ0) is 29.1. The summed E-state index contributed by atoms with van der Waals surface area (Å²) in [5, 5.41) is 14.6. The Labute approximate surface area is 244 Å². The highest BCUT2D eigenvalue weighted by Gasteiger charge is 2.31. The van der Waals surface area contributed by atoms with E-state index in [-0.39, 0.29) is 23.8 Å². The lowest BCUT2D eigenvalue weighted by Crippen LogP contribution is -2.49. The molecular formula is C31H36N8O3. The van der Waals surface area contributed by atoms with Crippen molar-refractivity contribution in [3.8, 4) is 11.5 Å². The van der Waals surface area contributed by atoms with Gasteiger partial charge in [-0.3, -0.25) is 14.7 Å². The first-order chi connectivity index (χ1) is 20.4. The number of aromatic amines is 1. The van der Waals surface area contributed by atoms with E-state index >= 15 is 0 Å². The summed E-state index contributed by atoms with van der Waals surface area (Å²) in [4.78, 5) is 38.9. The molecule has 0 bridgehead atoms. The molecule has 218 valence electrons. The first-order valence-electron chi connectivity index (χ1n) is 14.5. The molecule has 42 heavy (non-hydrogen) atoms. The molecule has 1 aromatic carbocycles. The van der Waals surface area contributed by atoms with E-state index in [4.69, 9.17) is 4.74 Å². The lowest BCUT2D eigenvalue weighted by molar-refractivity contribution is -0.138. The number of anilines is 2. The number of carbonyl (C=O) groups is 2. The number of nitrogens with one attached hydrogen (secondary N) is 3. The molecule has 11 nitrogen and oxygen atoms in total. The fraction of sp³-hybridized carbons (Fsp3) is 0.387. The molecule has 1 atom stereocenters. The Balaban J connectivity index is 1.13. The third-order valence-electron chi connectivity index (χ3n) is 8.07. The molecular weight excluding hydrogens is 532 g/mol. The zero-order valence-electron chi connectivity index (χ0n) is 24.0. The lowest BCUT2D eigenvalue weighted by atomic mass is 9.94. The molecule has 0 saturated carbocycles. The number of amides is 2. The SMILES string of the molecule is Cc1ccnc(NC(=O)c2ccc(Oc3ccnc4[nH]nc(NC5CCCN(C(=O)C6CCN(C)CC6)C5)c34)cc2)c1. The van der Waals surface area contributed by atoms with Crippen molar-refractivity contribution in [2.75, 3.05) is 43.9 Å². The number of H-pyrrole nitrogens is 1. The molecule has 2 fully saturated rings. The Bertz CT molecular complexity index is 1560. The van der Waals surface area contributed by atoms with Gasteiger partial charge >= 0.3 is 0 Å². The number of aromatic nitrogens is 4. The van der Waals surface area contributed by atoms with E-state index in [1.807, 2.05) is 24.0 Å². The first kappa shape index (κ1) is 27.6. The summed E-state index contributed by atoms with van der Waals surface area (Å²) in [6, 6.07) is 12.5. The minimum atomic E-state index is -0.247. The second-order valence-corrected chi connectivity index (χ2v) is 11.2. The third kappa shape index (κ3) is 6.20. The maximum Gasteiger partial charge on any atom is 0.256 e. The number of nitrogens with zero attached hydrogens (tertiary/aromatic N) is 5. The van der Waals surface area contributed by atoms with Gasteiger partial charge in [0, 0.05) is 49.1 Å². The average Bonchev–Trinajstić information content (AvgIpc) is 3.41. The number of fused-ring (bicyclic) bond motifs is 1. The molecule has 2 saturated heterocycles. The van der Waals surface area contributed by atoms with E-state index in [1.54, 1.807) is 42.7 Å². The van der Waals surface area contributed by atoms with E-state index in [0.717, 1.165) is 56.3 Å². The van der Waals surface area contributed by atoms with Crippen molar-refractivity contribution >= 4 is 34.5 Å². The van der Waals surface area contributed by atoms with E-state index < -0.39 is 0 Å². The summed E-state index contributed by atoms with van der Waals surface area (Å²) < 4.78 is 6.24. The highest BCUT2D eigenvalue weighted by molar-refractivity contribution is 6.03. The standard InChI is InChI=1S/C31H36N8O3/c1-20-9-13-32-26(18-20)35-30(40)21-5-7-24(8-6-21)42-25-10-14-33-28-27(25)29(37-36-28)34-23-4-3-15-39(19-23)31(41)22-11-16-38(2)17-12-22/h5-10,13-14,18,22-23H,3-4,11-12,15-17,19H2,1-2H3,(H,32,35,40)(H2,33,34,36,37). The predicted octanol–water partition coefficient (Wildman–Crippen LogP) is 4.45. The van der Waals surface area contributed by atoms with Crippen LogP contribution in [0, 0.1) is 12.8 Å². The molecule has 2 aliphatic heterocycles. The van der Waals surface area contributed by atoms with Gasteiger partial charge in [0.15, 0.2) is 11.5 Å². The monoisotopic (exact) mass is 568 g/mol. The van der Waals surface area contributed by atoms with Crippen LogP contribution in [0.5, 0.6) is 11.5 Å². The highest BCUT2D eigenvalue weighted by Crippen LogP contribution is 2.34. The minimum Gasteiger partial charge on any atom is -0.456 e. The smallest absolute Gasteiger partial charge is 0.256 e. The Morgan fingerprint density at radius 1 is 1.00 bits per heavy atom. The van der Waals surface area contributed by atoms with Gasteiger partial charge < -0.3 is 25.2 Å². The van der Waals surface area contributed by atoms with Crippen LogP contribution in [0.2, 0.25) is 0 Å². The van der Waals surface area contributed by atoms with Crippen LogP contribution < -0.4 is 15.4 Å². The number of piperidine rings is 2. The van der Waals surface area contributed by atoms with E-state index in [1.165, 1.54) is 0 Å². The van der Waals surface area contributed by atoms with Crippen LogP contribution in [0.25, 0.3) is 11.0 Å². The molecule has 0 aliphatic carbocycles. The number of hydrogen-bond donors (Lipinski definition) is 3. The van der Waals surface area contributed by atoms with Gasteiger partial charge in [-0.05, 0) is 94.7 Å². The summed E-state index contributed by atoms with van der Waals surface area (Å²) in [7, 11) is 2.11. The zero-order valence-corrected chi connectivity index (χ0v) is 24.0.